The predicted molar refractivity (Wildman–Crippen MR) is 131 cm³/mol. The van der Waals surface area contributed by atoms with E-state index in [4.69, 9.17) is 26.5 Å². The van der Waals surface area contributed by atoms with E-state index >= 15 is 0 Å². The molecule has 2 aliphatic rings. The number of carbonyl (C=O) groups is 1. The molecule has 6 nitrogen and oxygen atoms in total. The fourth-order valence-electron chi connectivity index (χ4n) is 3.51. The maximum absolute atomic E-state index is 12.0. The van der Waals surface area contributed by atoms with Crippen molar-refractivity contribution >= 4 is 40.3 Å². The van der Waals surface area contributed by atoms with Crippen LogP contribution in [0.15, 0.2) is 78.2 Å². The van der Waals surface area contributed by atoms with Gasteiger partial charge in [0.2, 0.25) is 11.4 Å². The number of epoxide rings is 1. The van der Waals surface area contributed by atoms with Gasteiger partial charge in [-0.05, 0) is 55.3 Å². The van der Waals surface area contributed by atoms with Crippen LogP contribution in [-0.4, -0.2) is 31.1 Å². The van der Waals surface area contributed by atoms with Crippen LogP contribution in [0.2, 0.25) is 4.34 Å². The third-order valence-electron chi connectivity index (χ3n) is 5.44. The molecule has 0 amide bonds. The number of allylic oxidation sites excluding steroid dienone is 5. The Morgan fingerprint density at radius 2 is 2.15 bits per heavy atom. The van der Waals surface area contributed by atoms with Crippen LogP contribution >= 0.6 is 22.9 Å². The van der Waals surface area contributed by atoms with Gasteiger partial charge in [-0.15, -0.1) is 11.3 Å². The average molecular weight is 484 g/mol. The first-order valence-electron chi connectivity index (χ1n) is 10.5. The molecule has 8 heteroatoms. The highest BCUT2D eigenvalue weighted by Gasteiger charge is 2.53. The Hall–Kier alpha value is -2.97. The van der Waals surface area contributed by atoms with Crippen molar-refractivity contribution in [3.63, 3.8) is 0 Å². The molecule has 1 aliphatic carbocycles. The molecule has 0 bridgehead atoms. The number of ether oxygens (including phenoxy) is 2. The lowest BCUT2D eigenvalue weighted by Gasteiger charge is -2.19. The molecule has 2 aromatic rings. The lowest BCUT2D eigenvalue weighted by atomic mass is 10.0. The van der Waals surface area contributed by atoms with Gasteiger partial charge in [0.05, 0.1) is 17.0 Å². The molecule has 0 radical (unpaired) electrons. The predicted octanol–water partition coefficient (Wildman–Crippen LogP) is 2.73. The highest BCUT2D eigenvalue weighted by molar-refractivity contribution is 7.18. The molecule has 5 N–H and O–H groups in total. The number of anilines is 1. The van der Waals surface area contributed by atoms with Gasteiger partial charge < -0.3 is 14.8 Å². The Balaban J connectivity index is 1.68. The van der Waals surface area contributed by atoms with Crippen LogP contribution in [0.1, 0.15) is 27.2 Å². The van der Waals surface area contributed by atoms with E-state index in [1.54, 1.807) is 12.1 Å². The number of nitrogens with two attached hydrogens (primary N) is 2. The molecule has 0 spiro atoms. The lowest BCUT2D eigenvalue weighted by molar-refractivity contribution is -0.530. The Bertz CT molecular complexity index is 1210. The average Bonchev–Trinajstić information content (AvgIpc) is 3.53. The first kappa shape index (κ1) is 23.2. The minimum Gasteiger partial charge on any atom is -0.465 e. The third-order valence-corrected chi connectivity index (χ3v) is 6.71. The fourth-order valence-corrected chi connectivity index (χ4v) is 4.52. The third kappa shape index (κ3) is 5.34. The number of thiophene rings is 1. The number of carbonyl (C=O) groups excluding carboxylic acids is 1. The molecule has 1 aliphatic heterocycles. The van der Waals surface area contributed by atoms with Gasteiger partial charge in [-0.3, -0.25) is 10.7 Å². The second kappa shape index (κ2) is 9.89. The number of aryl methyl sites for hydroxylation is 1. The van der Waals surface area contributed by atoms with E-state index in [0.29, 0.717) is 22.2 Å². The molecule has 4 rings (SSSR count). The molecule has 1 atom stereocenters. The van der Waals surface area contributed by atoms with Crippen molar-refractivity contribution in [3.05, 3.63) is 98.5 Å². The van der Waals surface area contributed by atoms with E-state index in [1.807, 2.05) is 48.8 Å². The van der Waals surface area contributed by atoms with Crippen LogP contribution < -0.4 is 16.0 Å². The minimum atomic E-state index is -0.818. The van der Waals surface area contributed by atoms with Crippen molar-refractivity contribution in [2.45, 2.75) is 19.1 Å². The Morgan fingerprint density at radius 3 is 2.85 bits per heavy atom. The maximum atomic E-state index is 12.0. The maximum Gasteiger partial charge on any atom is 0.337 e. The summed E-state index contributed by atoms with van der Waals surface area (Å²) in [4.78, 5) is 12.9. The topological polar surface area (TPSA) is 93.1 Å². The quantitative estimate of drug-likeness (QED) is 0.306. The highest BCUT2D eigenvalue weighted by atomic mass is 35.5. The van der Waals surface area contributed by atoms with Gasteiger partial charge in [0, 0.05) is 5.69 Å². The second-order valence-electron chi connectivity index (χ2n) is 7.76. The van der Waals surface area contributed by atoms with Gasteiger partial charge in [-0.25, -0.2) is 4.79 Å². The lowest BCUT2D eigenvalue weighted by Crippen LogP contribution is -2.76. The van der Waals surface area contributed by atoms with Crippen LogP contribution in [-0.2, 0) is 9.47 Å². The molecule has 1 aromatic carbocycles. The van der Waals surface area contributed by atoms with Crippen molar-refractivity contribution in [2.24, 2.45) is 0 Å². The van der Waals surface area contributed by atoms with Crippen LogP contribution in [0.5, 0.6) is 0 Å². The van der Waals surface area contributed by atoms with Crippen LogP contribution in [0.4, 0.5) is 5.69 Å². The van der Waals surface area contributed by atoms with Crippen LogP contribution in [0.3, 0.4) is 0 Å². The van der Waals surface area contributed by atoms with Gasteiger partial charge in [0.25, 0.3) is 0 Å². The van der Waals surface area contributed by atoms with Gasteiger partial charge in [0.15, 0.2) is 0 Å². The zero-order chi connectivity index (χ0) is 23.4. The standard InChI is InChI=1S/C25H24ClN3O3S/c1-16-9-10-17(24(30)31-2)13-20(16)29-25(15-32-25)19(23(27)21-11-12-22(26)33-21)14-28-18-7-5-3-4-6-8-18/h3,5-14,27-29H,4,15H2,1-2H3/p+2. The number of hydrogen-bond donors (Lipinski definition) is 3. The van der Waals surface area contributed by atoms with Crippen molar-refractivity contribution < 1.29 is 25.0 Å². The summed E-state index contributed by atoms with van der Waals surface area (Å²) >= 11 is 7.59. The second-order valence-corrected chi connectivity index (χ2v) is 9.47. The Kier molecular flexibility index (Phi) is 6.95. The SMILES string of the molecule is COC(=O)c1ccc(C)c(NC2(C(=C[NH2+]C3=CC=CCC=C3)C(=[NH2+])c3ccc(Cl)s3)CO2)c1. The molecule has 170 valence electrons. The number of halogens is 1. The summed E-state index contributed by atoms with van der Waals surface area (Å²) in [6.07, 6.45) is 13.2. The number of benzene rings is 1. The van der Waals surface area contributed by atoms with E-state index < -0.39 is 11.7 Å². The highest BCUT2D eigenvalue weighted by Crippen LogP contribution is 2.39. The molecule has 1 saturated heterocycles. The van der Waals surface area contributed by atoms with Crippen molar-refractivity contribution in [2.75, 3.05) is 19.0 Å². The largest absolute Gasteiger partial charge is 0.465 e. The summed E-state index contributed by atoms with van der Waals surface area (Å²) in [5, 5.41) is 12.1. The summed E-state index contributed by atoms with van der Waals surface area (Å²) in [7, 11) is 1.37. The number of esters is 1. The van der Waals surface area contributed by atoms with Crippen LogP contribution in [0, 0.1) is 6.92 Å². The van der Waals surface area contributed by atoms with Crippen molar-refractivity contribution in [1.82, 2.24) is 0 Å². The zero-order valence-corrected chi connectivity index (χ0v) is 20.0. The molecule has 1 aromatic heterocycles. The molecule has 1 fully saturated rings. The number of methoxy groups -OCH3 is 1. The minimum absolute atomic E-state index is 0.396. The zero-order valence-electron chi connectivity index (χ0n) is 18.4. The van der Waals surface area contributed by atoms with Gasteiger partial charge in [0.1, 0.15) is 29.0 Å². The fraction of sp³-hybridized carbons (Fsp3) is 0.200. The molecular formula is C25H26ClN3O3S+2. The molecule has 33 heavy (non-hydrogen) atoms. The monoisotopic (exact) mass is 483 g/mol. The Morgan fingerprint density at radius 1 is 1.33 bits per heavy atom. The van der Waals surface area contributed by atoms with Crippen molar-refractivity contribution in [3.8, 4) is 0 Å². The first-order chi connectivity index (χ1) is 15.9. The number of rotatable bonds is 8. The molecule has 2 heterocycles. The first-order valence-corrected chi connectivity index (χ1v) is 11.7. The van der Waals surface area contributed by atoms with E-state index in [1.165, 1.54) is 18.4 Å². The van der Waals surface area contributed by atoms with Gasteiger partial charge in [-0.1, -0.05) is 35.9 Å². The smallest absolute Gasteiger partial charge is 0.337 e. The summed E-state index contributed by atoms with van der Waals surface area (Å²) in [6.45, 7) is 2.40. The van der Waals surface area contributed by atoms with Gasteiger partial charge >= 0.3 is 5.97 Å². The molecule has 0 saturated carbocycles. The van der Waals surface area contributed by atoms with E-state index in [2.05, 4.69) is 23.5 Å². The number of hydrogen-bond acceptors (Lipinski definition) is 5. The summed E-state index contributed by atoms with van der Waals surface area (Å²) in [5.74, 6) is -0.396. The van der Waals surface area contributed by atoms with Crippen molar-refractivity contribution in [1.29, 1.82) is 0 Å². The number of nitrogens with one attached hydrogen (secondary N) is 1. The van der Waals surface area contributed by atoms with E-state index in [9.17, 15) is 4.79 Å². The summed E-state index contributed by atoms with van der Waals surface area (Å²) in [5.41, 5.74) is 3.82. The van der Waals surface area contributed by atoms with Crippen LogP contribution in [0.25, 0.3) is 0 Å². The van der Waals surface area contributed by atoms with Gasteiger partial charge in [-0.2, -0.15) is 0 Å². The summed E-state index contributed by atoms with van der Waals surface area (Å²) in [6, 6.07) is 9.12. The number of quaternary nitrogens is 1. The Labute approximate surface area is 201 Å². The molecule has 1 unspecified atom stereocenters. The van der Waals surface area contributed by atoms with E-state index in [0.717, 1.165) is 33.8 Å². The molecular weight excluding hydrogens is 458 g/mol. The summed E-state index contributed by atoms with van der Waals surface area (Å²) < 4.78 is 11.5. The normalized spacial score (nSPS) is 19.6. The van der Waals surface area contributed by atoms with E-state index in [-0.39, 0.29) is 0 Å².